The van der Waals surface area contributed by atoms with E-state index in [2.05, 4.69) is 15.6 Å². The predicted octanol–water partition coefficient (Wildman–Crippen LogP) is 2.99. The highest BCUT2D eigenvalue weighted by atomic mass is 35.5. The molecule has 0 saturated carbocycles. The van der Waals surface area contributed by atoms with Gasteiger partial charge in [-0.2, -0.15) is 0 Å². The fraction of sp³-hybridized carbons (Fsp3) is 0.143. The number of carbonyl (C=O) groups excluding carboxylic acids is 1. The molecular formula is C14H13ClFN3O2. The van der Waals surface area contributed by atoms with Crippen LogP contribution in [0.25, 0.3) is 0 Å². The minimum absolute atomic E-state index is 0.0493. The Balaban J connectivity index is 2.46. The first kappa shape index (κ1) is 15.1. The second-order valence-electron chi connectivity index (χ2n) is 4.08. The molecule has 0 radical (unpaired) electrons. The van der Waals surface area contributed by atoms with Crippen molar-refractivity contribution in [2.75, 3.05) is 19.5 Å². The number of amides is 1. The first-order chi connectivity index (χ1) is 10.1. The summed E-state index contributed by atoms with van der Waals surface area (Å²) >= 11 is 5.85. The molecule has 2 rings (SSSR count). The van der Waals surface area contributed by atoms with E-state index in [0.29, 0.717) is 11.4 Å². The zero-order valence-electron chi connectivity index (χ0n) is 11.4. The van der Waals surface area contributed by atoms with Gasteiger partial charge in [0.05, 0.1) is 24.0 Å². The van der Waals surface area contributed by atoms with Gasteiger partial charge in [-0.3, -0.25) is 4.79 Å². The SMILES string of the molecule is CNC(=O)c1cnc(Cl)cc1Nc1cccc(F)c1OC. The molecule has 0 aliphatic rings. The van der Waals surface area contributed by atoms with Crippen molar-refractivity contribution in [3.8, 4) is 5.75 Å². The molecule has 1 amide bonds. The van der Waals surface area contributed by atoms with E-state index in [1.165, 1.54) is 38.6 Å². The zero-order chi connectivity index (χ0) is 15.4. The molecule has 0 fully saturated rings. The Bertz CT molecular complexity index is 679. The van der Waals surface area contributed by atoms with Gasteiger partial charge in [-0.15, -0.1) is 0 Å². The van der Waals surface area contributed by atoms with Crippen LogP contribution in [0.3, 0.4) is 0 Å². The lowest BCUT2D eigenvalue weighted by molar-refractivity contribution is 0.0963. The summed E-state index contributed by atoms with van der Waals surface area (Å²) in [7, 11) is 2.87. The molecular weight excluding hydrogens is 297 g/mol. The summed E-state index contributed by atoms with van der Waals surface area (Å²) in [6.45, 7) is 0. The lowest BCUT2D eigenvalue weighted by Gasteiger charge is -2.14. The molecule has 2 aromatic rings. The number of benzene rings is 1. The molecule has 0 bridgehead atoms. The molecule has 0 aliphatic carbocycles. The number of halogens is 2. The van der Waals surface area contributed by atoms with Gasteiger partial charge < -0.3 is 15.4 Å². The van der Waals surface area contributed by atoms with Gasteiger partial charge in [0.1, 0.15) is 5.15 Å². The van der Waals surface area contributed by atoms with Crippen LogP contribution in [0, 0.1) is 5.82 Å². The summed E-state index contributed by atoms with van der Waals surface area (Å²) in [5, 5.41) is 5.65. The fourth-order valence-corrected chi connectivity index (χ4v) is 1.97. The molecule has 0 saturated heterocycles. The van der Waals surface area contributed by atoms with E-state index in [1.54, 1.807) is 6.07 Å². The number of aromatic nitrogens is 1. The summed E-state index contributed by atoms with van der Waals surface area (Å²) in [5.41, 5.74) is 1.07. The lowest BCUT2D eigenvalue weighted by atomic mass is 10.2. The van der Waals surface area contributed by atoms with Crippen LogP contribution in [-0.2, 0) is 0 Å². The van der Waals surface area contributed by atoms with Crippen LogP contribution in [0.1, 0.15) is 10.4 Å². The van der Waals surface area contributed by atoms with Crippen LogP contribution < -0.4 is 15.4 Å². The first-order valence-corrected chi connectivity index (χ1v) is 6.41. The molecule has 0 spiro atoms. The predicted molar refractivity (Wildman–Crippen MR) is 78.9 cm³/mol. The van der Waals surface area contributed by atoms with E-state index < -0.39 is 5.82 Å². The van der Waals surface area contributed by atoms with Crippen LogP contribution in [-0.4, -0.2) is 25.0 Å². The van der Waals surface area contributed by atoms with Crippen molar-refractivity contribution in [3.05, 3.63) is 47.0 Å². The van der Waals surface area contributed by atoms with Crippen molar-refractivity contribution in [1.29, 1.82) is 0 Å². The monoisotopic (exact) mass is 309 g/mol. The van der Waals surface area contributed by atoms with Gasteiger partial charge in [0, 0.05) is 13.2 Å². The van der Waals surface area contributed by atoms with Gasteiger partial charge in [-0.05, 0) is 18.2 Å². The highest BCUT2D eigenvalue weighted by molar-refractivity contribution is 6.29. The van der Waals surface area contributed by atoms with Crippen molar-refractivity contribution in [2.24, 2.45) is 0 Å². The lowest BCUT2D eigenvalue weighted by Crippen LogP contribution is -2.19. The van der Waals surface area contributed by atoms with Gasteiger partial charge >= 0.3 is 0 Å². The van der Waals surface area contributed by atoms with Crippen molar-refractivity contribution in [3.63, 3.8) is 0 Å². The average Bonchev–Trinajstić information content (AvgIpc) is 2.47. The Labute approximate surface area is 126 Å². The van der Waals surface area contributed by atoms with E-state index in [4.69, 9.17) is 16.3 Å². The maximum absolute atomic E-state index is 13.7. The van der Waals surface area contributed by atoms with Gasteiger partial charge in [0.25, 0.3) is 5.91 Å². The molecule has 0 aliphatic heterocycles. The third kappa shape index (κ3) is 3.22. The summed E-state index contributed by atoms with van der Waals surface area (Å²) in [6, 6.07) is 5.92. The summed E-state index contributed by atoms with van der Waals surface area (Å²) in [4.78, 5) is 15.7. The van der Waals surface area contributed by atoms with Crippen LogP contribution in [0.15, 0.2) is 30.5 Å². The number of pyridine rings is 1. The number of nitrogens with one attached hydrogen (secondary N) is 2. The molecule has 7 heteroatoms. The summed E-state index contributed by atoms with van der Waals surface area (Å²) in [6.07, 6.45) is 1.34. The Hall–Kier alpha value is -2.34. The number of nitrogens with zero attached hydrogens (tertiary/aromatic N) is 1. The number of hydrogen-bond acceptors (Lipinski definition) is 4. The van der Waals surface area contributed by atoms with Gasteiger partial charge in [0.2, 0.25) is 0 Å². The molecule has 1 aromatic heterocycles. The highest BCUT2D eigenvalue weighted by Crippen LogP contribution is 2.31. The summed E-state index contributed by atoms with van der Waals surface area (Å²) in [5.74, 6) is -0.797. The van der Waals surface area contributed by atoms with E-state index >= 15 is 0 Å². The fourth-order valence-electron chi connectivity index (χ4n) is 1.81. The quantitative estimate of drug-likeness (QED) is 0.852. The number of anilines is 2. The zero-order valence-corrected chi connectivity index (χ0v) is 12.2. The van der Waals surface area contributed by atoms with E-state index in [0.717, 1.165) is 0 Å². The van der Waals surface area contributed by atoms with Gasteiger partial charge in [-0.1, -0.05) is 17.7 Å². The second-order valence-corrected chi connectivity index (χ2v) is 4.46. The topological polar surface area (TPSA) is 63.2 Å². The largest absolute Gasteiger partial charge is 0.492 e. The van der Waals surface area contributed by atoms with Crippen molar-refractivity contribution in [2.45, 2.75) is 0 Å². The minimum atomic E-state index is -0.510. The van der Waals surface area contributed by atoms with Crippen molar-refractivity contribution >= 4 is 28.9 Å². The minimum Gasteiger partial charge on any atom is -0.492 e. The second kappa shape index (κ2) is 6.41. The Morgan fingerprint density at radius 2 is 2.14 bits per heavy atom. The van der Waals surface area contributed by atoms with Crippen molar-refractivity contribution in [1.82, 2.24) is 10.3 Å². The molecule has 110 valence electrons. The summed E-state index contributed by atoms with van der Waals surface area (Å²) < 4.78 is 18.7. The molecule has 0 atom stereocenters. The maximum Gasteiger partial charge on any atom is 0.254 e. The number of hydrogen-bond donors (Lipinski definition) is 2. The average molecular weight is 310 g/mol. The smallest absolute Gasteiger partial charge is 0.254 e. The van der Waals surface area contributed by atoms with E-state index in [9.17, 15) is 9.18 Å². The number of methoxy groups -OCH3 is 1. The van der Waals surface area contributed by atoms with Crippen molar-refractivity contribution < 1.29 is 13.9 Å². The number of ether oxygens (including phenoxy) is 1. The van der Waals surface area contributed by atoms with Crippen LogP contribution in [0.4, 0.5) is 15.8 Å². The van der Waals surface area contributed by atoms with Gasteiger partial charge in [0.15, 0.2) is 11.6 Å². The molecule has 1 aromatic carbocycles. The molecule has 21 heavy (non-hydrogen) atoms. The first-order valence-electron chi connectivity index (χ1n) is 6.04. The molecule has 5 nitrogen and oxygen atoms in total. The molecule has 2 N–H and O–H groups in total. The van der Waals surface area contributed by atoms with Gasteiger partial charge in [-0.25, -0.2) is 9.37 Å². The Kier molecular flexibility index (Phi) is 4.59. The van der Waals surface area contributed by atoms with E-state index in [1.807, 2.05) is 0 Å². The van der Waals surface area contributed by atoms with Crippen LogP contribution in [0.2, 0.25) is 5.15 Å². The number of carbonyl (C=O) groups is 1. The number of para-hydroxylation sites is 1. The third-order valence-electron chi connectivity index (χ3n) is 2.78. The Morgan fingerprint density at radius 1 is 1.38 bits per heavy atom. The third-order valence-corrected chi connectivity index (χ3v) is 2.99. The molecule has 0 unspecified atom stereocenters. The Morgan fingerprint density at radius 3 is 2.81 bits per heavy atom. The number of rotatable bonds is 4. The van der Waals surface area contributed by atoms with Crippen LogP contribution in [0.5, 0.6) is 5.75 Å². The molecule has 1 heterocycles. The van der Waals surface area contributed by atoms with E-state index in [-0.39, 0.29) is 22.4 Å². The normalized spacial score (nSPS) is 10.1. The standard InChI is InChI=1S/C14H13ClFN3O2/c1-17-14(20)8-7-18-12(15)6-11(8)19-10-5-3-4-9(16)13(10)21-2/h3-7H,1-2H3,(H,17,20)(H,18,19). The maximum atomic E-state index is 13.7. The van der Waals surface area contributed by atoms with Crippen LogP contribution >= 0.6 is 11.6 Å². The highest BCUT2D eigenvalue weighted by Gasteiger charge is 2.15.